The van der Waals surface area contributed by atoms with Gasteiger partial charge < -0.3 is 14.6 Å². The third-order valence-electron chi connectivity index (χ3n) is 2.91. The van der Waals surface area contributed by atoms with E-state index in [0.717, 1.165) is 16.2 Å². The third-order valence-corrected chi connectivity index (χ3v) is 3.97. The molecule has 3 nitrogen and oxygen atoms in total. The van der Waals surface area contributed by atoms with Crippen molar-refractivity contribution in [1.29, 1.82) is 0 Å². The molecule has 0 saturated carbocycles. The van der Waals surface area contributed by atoms with Crippen LogP contribution in [-0.4, -0.2) is 18.3 Å². The molecule has 2 aromatic rings. The van der Waals surface area contributed by atoms with Crippen LogP contribution in [0.25, 0.3) is 0 Å². The van der Waals surface area contributed by atoms with E-state index in [2.05, 4.69) is 0 Å². The molecule has 0 radical (unpaired) electrons. The number of thiophene rings is 1. The minimum atomic E-state index is -0.598. The zero-order valence-electron chi connectivity index (χ0n) is 10.1. The van der Waals surface area contributed by atoms with Crippen LogP contribution in [0.5, 0.6) is 11.5 Å². The number of rotatable bonds is 2. The van der Waals surface area contributed by atoms with Crippen LogP contribution in [-0.2, 0) is 0 Å². The van der Waals surface area contributed by atoms with Crippen molar-refractivity contribution in [2.45, 2.75) is 13.0 Å². The number of aliphatic hydroxyl groups is 1. The normalized spacial score (nSPS) is 15.4. The van der Waals surface area contributed by atoms with Crippen LogP contribution in [0.15, 0.2) is 30.3 Å². The fourth-order valence-electron chi connectivity index (χ4n) is 1.99. The maximum atomic E-state index is 10.3. The van der Waals surface area contributed by atoms with Crippen molar-refractivity contribution in [2.24, 2.45) is 0 Å². The maximum absolute atomic E-state index is 10.3. The minimum Gasteiger partial charge on any atom is -0.486 e. The molecule has 4 heteroatoms. The molecule has 18 heavy (non-hydrogen) atoms. The highest BCUT2D eigenvalue weighted by atomic mass is 32.1. The van der Waals surface area contributed by atoms with Crippen LogP contribution in [0.1, 0.15) is 21.4 Å². The summed E-state index contributed by atoms with van der Waals surface area (Å²) in [6.45, 7) is 3.17. The first kappa shape index (κ1) is 11.6. The van der Waals surface area contributed by atoms with Gasteiger partial charge >= 0.3 is 0 Å². The van der Waals surface area contributed by atoms with Gasteiger partial charge in [0.25, 0.3) is 0 Å². The fourth-order valence-corrected chi connectivity index (χ4v) is 2.89. The standard InChI is InChI=1S/C14H14O3S/c1-9-2-5-13(18-9)14(15)10-3-4-11-12(8-10)17-7-6-16-11/h2-5,8,14-15H,6-7H2,1H3. The lowest BCUT2D eigenvalue weighted by molar-refractivity contribution is 0.170. The van der Waals surface area contributed by atoms with Gasteiger partial charge in [-0.05, 0) is 36.8 Å². The zero-order chi connectivity index (χ0) is 12.5. The largest absolute Gasteiger partial charge is 0.486 e. The van der Waals surface area contributed by atoms with Crippen molar-refractivity contribution in [3.8, 4) is 11.5 Å². The van der Waals surface area contributed by atoms with E-state index in [1.165, 1.54) is 4.88 Å². The first-order valence-electron chi connectivity index (χ1n) is 5.88. The molecule has 1 unspecified atom stereocenters. The minimum absolute atomic E-state index is 0.560. The van der Waals surface area contributed by atoms with Gasteiger partial charge in [-0.2, -0.15) is 0 Å². The molecule has 0 saturated heterocycles. The van der Waals surface area contributed by atoms with Crippen LogP contribution in [0.4, 0.5) is 0 Å². The number of ether oxygens (including phenoxy) is 2. The lowest BCUT2D eigenvalue weighted by Gasteiger charge is -2.20. The lowest BCUT2D eigenvalue weighted by Crippen LogP contribution is -2.15. The van der Waals surface area contributed by atoms with E-state index in [1.54, 1.807) is 11.3 Å². The van der Waals surface area contributed by atoms with Gasteiger partial charge in [0.2, 0.25) is 0 Å². The van der Waals surface area contributed by atoms with Crippen LogP contribution in [0.2, 0.25) is 0 Å². The Morgan fingerprint density at radius 3 is 2.61 bits per heavy atom. The van der Waals surface area contributed by atoms with Gasteiger partial charge in [-0.15, -0.1) is 11.3 Å². The molecule has 1 aromatic heterocycles. The van der Waals surface area contributed by atoms with Gasteiger partial charge in [0, 0.05) is 9.75 Å². The predicted octanol–water partition coefficient (Wildman–Crippen LogP) is 2.91. The molecule has 0 fully saturated rings. The fraction of sp³-hybridized carbons (Fsp3) is 0.286. The second-order valence-electron chi connectivity index (χ2n) is 4.25. The average molecular weight is 262 g/mol. The van der Waals surface area contributed by atoms with E-state index in [9.17, 15) is 5.11 Å². The van der Waals surface area contributed by atoms with E-state index < -0.39 is 6.10 Å². The van der Waals surface area contributed by atoms with E-state index in [0.29, 0.717) is 19.0 Å². The highest BCUT2D eigenvalue weighted by Crippen LogP contribution is 2.35. The summed E-state index contributed by atoms with van der Waals surface area (Å²) in [4.78, 5) is 2.14. The SMILES string of the molecule is Cc1ccc(C(O)c2ccc3c(c2)OCCO3)s1. The van der Waals surface area contributed by atoms with Crippen molar-refractivity contribution in [3.63, 3.8) is 0 Å². The van der Waals surface area contributed by atoms with Crippen LogP contribution >= 0.6 is 11.3 Å². The van der Waals surface area contributed by atoms with Crippen molar-refractivity contribution in [2.75, 3.05) is 13.2 Å². The Bertz CT molecular complexity index is 562. The average Bonchev–Trinajstić information content (AvgIpc) is 2.84. The van der Waals surface area contributed by atoms with Crippen molar-refractivity contribution in [3.05, 3.63) is 45.6 Å². The number of fused-ring (bicyclic) bond motifs is 1. The van der Waals surface area contributed by atoms with E-state index in [1.807, 2.05) is 37.3 Å². The summed E-state index contributed by atoms with van der Waals surface area (Å²) < 4.78 is 11.0. The number of aliphatic hydroxyl groups excluding tert-OH is 1. The molecule has 1 aliphatic rings. The Morgan fingerprint density at radius 1 is 1.11 bits per heavy atom. The quantitative estimate of drug-likeness (QED) is 0.904. The molecule has 1 N–H and O–H groups in total. The molecule has 94 valence electrons. The van der Waals surface area contributed by atoms with Gasteiger partial charge in [-0.25, -0.2) is 0 Å². The Kier molecular flexibility index (Phi) is 2.97. The van der Waals surface area contributed by atoms with E-state index in [-0.39, 0.29) is 0 Å². The zero-order valence-corrected chi connectivity index (χ0v) is 10.9. The summed E-state index contributed by atoms with van der Waals surface area (Å²) in [5.41, 5.74) is 0.834. The Morgan fingerprint density at radius 2 is 1.89 bits per heavy atom. The molecule has 0 aliphatic carbocycles. The smallest absolute Gasteiger partial charge is 0.161 e. The van der Waals surface area contributed by atoms with Gasteiger partial charge in [0.05, 0.1) is 0 Å². The van der Waals surface area contributed by atoms with Crippen LogP contribution in [0.3, 0.4) is 0 Å². The van der Waals surface area contributed by atoms with Crippen molar-refractivity contribution < 1.29 is 14.6 Å². The topological polar surface area (TPSA) is 38.7 Å². The Labute approximate surface area is 110 Å². The number of aryl methyl sites for hydroxylation is 1. The number of hydrogen-bond donors (Lipinski definition) is 1. The second kappa shape index (κ2) is 4.63. The molecule has 1 atom stereocenters. The summed E-state index contributed by atoms with van der Waals surface area (Å²) >= 11 is 1.61. The molecule has 1 aromatic carbocycles. The Balaban J connectivity index is 1.92. The molecule has 2 heterocycles. The van der Waals surface area contributed by atoms with Gasteiger partial charge in [0.15, 0.2) is 11.5 Å². The van der Waals surface area contributed by atoms with E-state index >= 15 is 0 Å². The molecule has 0 amide bonds. The van der Waals surface area contributed by atoms with Gasteiger partial charge in [0.1, 0.15) is 19.3 Å². The van der Waals surface area contributed by atoms with Crippen molar-refractivity contribution in [1.82, 2.24) is 0 Å². The summed E-state index contributed by atoms with van der Waals surface area (Å²) in [6.07, 6.45) is -0.598. The number of benzene rings is 1. The number of hydrogen-bond acceptors (Lipinski definition) is 4. The molecule has 0 bridgehead atoms. The highest BCUT2D eigenvalue weighted by Gasteiger charge is 2.17. The summed E-state index contributed by atoms with van der Waals surface area (Å²) in [6, 6.07) is 9.57. The van der Waals surface area contributed by atoms with Crippen molar-refractivity contribution >= 4 is 11.3 Å². The molecule has 1 aliphatic heterocycles. The Hall–Kier alpha value is -1.52. The van der Waals surface area contributed by atoms with Gasteiger partial charge in [-0.1, -0.05) is 6.07 Å². The summed E-state index contributed by atoms with van der Waals surface area (Å²) in [5.74, 6) is 1.46. The van der Waals surface area contributed by atoms with Gasteiger partial charge in [-0.3, -0.25) is 0 Å². The lowest BCUT2D eigenvalue weighted by atomic mass is 10.1. The highest BCUT2D eigenvalue weighted by molar-refractivity contribution is 7.12. The predicted molar refractivity (Wildman–Crippen MR) is 70.5 cm³/mol. The second-order valence-corrected chi connectivity index (χ2v) is 5.57. The molecular weight excluding hydrogens is 248 g/mol. The molecule has 3 rings (SSSR count). The van der Waals surface area contributed by atoms with E-state index in [4.69, 9.17) is 9.47 Å². The summed E-state index contributed by atoms with van der Waals surface area (Å²) in [7, 11) is 0. The molecular formula is C14H14O3S. The summed E-state index contributed by atoms with van der Waals surface area (Å²) in [5, 5.41) is 10.3. The first-order chi connectivity index (χ1) is 8.74. The maximum Gasteiger partial charge on any atom is 0.161 e. The van der Waals surface area contributed by atoms with Crippen LogP contribution < -0.4 is 9.47 Å². The molecule has 0 spiro atoms. The van der Waals surface area contributed by atoms with Crippen LogP contribution in [0, 0.1) is 6.92 Å². The first-order valence-corrected chi connectivity index (χ1v) is 6.69. The monoisotopic (exact) mass is 262 g/mol. The third kappa shape index (κ3) is 2.09.